The highest BCUT2D eigenvalue weighted by Crippen LogP contribution is 2.24. The monoisotopic (exact) mass is 327 g/mol. The molecule has 1 aromatic rings. The van der Waals surface area contributed by atoms with Crippen LogP contribution in [0.25, 0.3) is 0 Å². The lowest BCUT2D eigenvalue weighted by Gasteiger charge is -2.16. The highest BCUT2D eigenvalue weighted by molar-refractivity contribution is 7.92. The third kappa shape index (κ3) is 5.31. The Morgan fingerprint density at radius 1 is 1.27 bits per heavy atom. The number of hydrogen-bond donors (Lipinski definition) is 3. The van der Waals surface area contributed by atoms with Crippen LogP contribution < -0.4 is 15.4 Å². The summed E-state index contributed by atoms with van der Waals surface area (Å²) in [6.45, 7) is 6.00. The Hall–Kier alpha value is -1.60. The molecule has 0 aliphatic rings. The van der Waals surface area contributed by atoms with E-state index in [1.54, 1.807) is 32.2 Å². The van der Waals surface area contributed by atoms with Gasteiger partial charge in [-0.15, -0.1) is 0 Å². The van der Waals surface area contributed by atoms with Gasteiger partial charge in [-0.05, 0) is 38.1 Å². The molecular weight excluding hydrogens is 302 g/mol. The fourth-order valence-corrected chi connectivity index (χ4v) is 3.22. The van der Waals surface area contributed by atoms with Crippen molar-refractivity contribution in [3.05, 3.63) is 23.8 Å². The summed E-state index contributed by atoms with van der Waals surface area (Å²) < 4.78 is 26.3. The van der Waals surface area contributed by atoms with Crippen LogP contribution >= 0.6 is 0 Å². The second kappa shape index (κ2) is 8.14. The van der Waals surface area contributed by atoms with Crippen LogP contribution in [-0.2, 0) is 14.8 Å². The maximum atomic E-state index is 12.1. The van der Waals surface area contributed by atoms with E-state index in [4.69, 9.17) is 0 Å². The van der Waals surface area contributed by atoms with Crippen LogP contribution in [0.1, 0.15) is 25.8 Å². The summed E-state index contributed by atoms with van der Waals surface area (Å²) in [5.41, 5.74) is 1.81. The van der Waals surface area contributed by atoms with E-state index in [0.29, 0.717) is 29.9 Å². The number of nitrogens with one attached hydrogen (secondary N) is 3. The lowest BCUT2D eigenvalue weighted by Crippen LogP contribution is -2.29. The molecule has 22 heavy (non-hydrogen) atoms. The number of rotatable bonds is 8. The van der Waals surface area contributed by atoms with Crippen molar-refractivity contribution in [2.24, 2.45) is 5.92 Å². The molecule has 0 fully saturated rings. The van der Waals surface area contributed by atoms with Gasteiger partial charge in [0.25, 0.3) is 0 Å². The lowest BCUT2D eigenvalue weighted by molar-refractivity contribution is -0.119. The third-order valence-electron chi connectivity index (χ3n) is 3.29. The highest BCUT2D eigenvalue weighted by atomic mass is 32.2. The summed E-state index contributed by atoms with van der Waals surface area (Å²) in [4.78, 5) is 12.1. The smallest absolute Gasteiger partial charge is 0.232 e. The SMILES string of the molecule is CCCS(=O)(=O)Nc1cccc(NC(=O)C(C)CNC)c1C. The van der Waals surface area contributed by atoms with Crippen molar-refractivity contribution in [3.63, 3.8) is 0 Å². The van der Waals surface area contributed by atoms with Gasteiger partial charge in [-0.2, -0.15) is 0 Å². The van der Waals surface area contributed by atoms with Gasteiger partial charge >= 0.3 is 0 Å². The Balaban J connectivity index is 2.92. The van der Waals surface area contributed by atoms with Crippen molar-refractivity contribution < 1.29 is 13.2 Å². The molecule has 1 amide bonds. The van der Waals surface area contributed by atoms with Crippen LogP contribution in [0.2, 0.25) is 0 Å². The fourth-order valence-electron chi connectivity index (χ4n) is 2.02. The molecule has 1 rings (SSSR count). The van der Waals surface area contributed by atoms with E-state index in [1.165, 1.54) is 0 Å². The average Bonchev–Trinajstić information content (AvgIpc) is 2.43. The van der Waals surface area contributed by atoms with E-state index in [-0.39, 0.29) is 17.6 Å². The number of amides is 1. The van der Waals surface area contributed by atoms with Crippen molar-refractivity contribution in [1.29, 1.82) is 0 Å². The summed E-state index contributed by atoms with van der Waals surface area (Å²) in [5, 5.41) is 5.79. The summed E-state index contributed by atoms with van der Waals surface area (Å²) in [7, 11) is -1.56. The first-order valence-electron chi connectivity index (χ1n) is 7.36. The molecule has 0 aromatic heterocycles. The predicted molar refractivity (Wildman–Crippen MR) is 90.6 cm³/mol. The van der Waals surface area contributed by atoms with Gasteiger partial charge in [0, 0.05) is 18.2 Å². The standard InChI is InChI=1S/C15H25N3O3S/c1-5-9-22(20,21)18-14-8-6-7-13(12(14)3)17-15(19)11(2)10-16-4/h6-8,11,16,18H,5,9-10H2,1-4H3,(H,17,19). The van der Waals surface area contributed by atoms with Crippen LogP contribution in [0.15, 0.2) is 18.2 Å². The largest absolute Gasteiger partial charge is 0.325 e. The minimum absolute atomic E-state index is 0.0717. The molecule has 1 atom stereocenters. The predicted octanol–water partition coefficient (Wildman–Crippen LogP) is 1.94. The molecule has 124 valence electrons. The molecule has 0 spiro atoms. The Morgan fingerprint density at radius 3 is 2.50 bits per heavy atom. The Labute approximate surface area is 132 Å². The molecule has 1 aromatic carbocycles. The molecule has 3 N–H and O–H groups in total. The maximum Gasteiger partial charge on any atom is 0.232 e. The molecule has 0 saturated heterocycles. The van der Waals surface area contributed by atoms with E-state index in [9.17, 15) is 13.2 Å². The average molecular weight is 327 g/mol. The number of hydrogen-bond acceptors (Lipinski definition) is 4. The van der Waals surface area contributed by atoms with Gasteiger partial charge in [-0.1, -0.05) is 19.9 Å². The molecule has 7 heteroatoms. The van der Waals surface area contributed by atoms with Crippen LogP contribution in [0.4, 0.5) is 11.4 Å². The third-order valence-corrected chi connectivity index (χ3v) is 4.76. The van der Waals surface area contributed by atoms with Crippen LogP contribution in [0.3, 0.4) is 0 Å². The van der Waals surface area contributed by atoms with Gasteiger partial charge in [0.05, 0.1) is 11.4 Å². The van der Waals surface area contributed by atoms with Gasteiger partial charge in [-0.3, -0.25) is 9.52 Å². The molecule has 1 unspecified atom stereocenters. The van der Waals surface area contributed by atoms with Gasteiger partial charge < -0.3 is 10.6 Å². The van der Waals surface area contributed by atoms with Gasteiger partial charge in [-0.25, -0.2) is 8.42 Å². The number of benzene rings is 1. The summed E-state index contributed by atoms with van der Waals surface area (Å²) in [6.07, 6.45) is 0.548. The number of carbonyl (C=O) groups excluding carboxylic acids is 1. The topological polar surface area (TPSA) is 87.3 Å². The first-order valence-corrected chi connectivity index (χ1v) is 9.01. The minimum atomic E-state index is -3.35. The minimum Gasteiger partial charge on any atom is -0.325 e. The first kappa shape index (κ1) is 18.4. The molecule has 0 aliphatic carbocycles. The van der Waals surface area contributed by atoms with Crippen LogP contribution in [0.5, 0.6) is 0 Å². The van der Waals surface area contributed by atoms with Crippen LogP contribution in [0, 0.1) is 12.8 Å². The molecule has 6 nitrogen and oxygen atoms in total. The van der Waals surface area contributed by atoms with Gasteiger partial charge in [0.15, 0.2) is 0 Å². The highest BCUT2D eigenvalue weighted by Gasteiger charge is 2.16. The first-order chi connectivity index (χ1) is 10.3. The zero-order valence-corrected chi connectivity index (χ0v) is 14.4. The second-order valence-electron chi connectivity index (χ2n) is 5.35. The van der Waals surface area contributed by atoms with Crippen molar-refractivity contribution in [1.82, 2.24) is 5.32 Å². The summed E-state index contributed by atoms with van der Waals surface area (Å²) in [6, 6.07) is 5.17. The zero-order valence-electron chi connectivity index (χ0n) is 13.6. The Bertz CT molecular complexity index is 614. The zero-order chi connectivity index (χ0) is 16.8. The second-order valence-corrected chi connectivity index (χ2v) is 7.19. The van der Waals surface area contributed by atoms with Crippen molar-refractivity contribution in [3.8, 4) is 0 Å². The molecule has 0 heterocycles. The van der Waals surface area contributed by atoms with Crippen molar-refractivity contribution in [2.45, 2.75) is 27.2 Å². The summed E-state index contributed by atoms with van der Waals surface area (Å²) in [5.74, 6) is -0.210. The molecular formula is C15H25N3O3S. The van der Waals surface area contributed by atoms with E-state index < -0.39 is 10.0 Å². The lowest BCUT2D eigenvalue weighted by atomic mass is 10.1. The van der Waals surface area contributed by atoms with Crippen LogP contribution in [-0.4, -0.2) is 33.7 Å². The molecule has 0 radical (unpaired) electrons. The maximum absolute atomic E-state index is 12.1. The van der Waals surface area contributed by atoms with E-state index in [2.05, 4.69) is 15.4 Å². The summed E-state index contributed by atoms with van der Waals surface area (Å²) >= 11 is 0. The molecule has 0 bridgehead atoms. The number of sulfonamides is 1. The van der Waals surface area contributed by atoms with E-state index in [1.807, 2.05) is 13.8 Å². The number of anilines is 2. The Kier molecular flexibility index (Phi) is 6.83. The van der Waals surface area contributed by atoms with E-state index >= 15 is 0 Å². The molecule has 0 saturated carbocycles. The quantitative estimate of drug-likeness (QED) is 0.681. The number of carbonyl (C=O) groups is 1. The van der Waals surface area contributed by atoms with E-state index in [0.717, 1.165) is 0 Å². The van der Waals surface area contributed by atoms with Gasteiger partial charge in [0.1, 0.15) is 0 Å². The van der Waals surface area contributed by atoms with Crippen molar-refractivity contribution >= 4 is 27.3 Å². The normalized spacial score (nSPS) is 12.7. The van der Waals surface area contributed by atoms with Gasteiger partial charge in [0.2, 0.25) is 15.9 Å². The fraction of sp³-hybridized carbons (Fsp3) is 0.533. The van der Waals surface area contributed by atoms with Crippen molar-refractivity contribution in [2.75, 3.05) is 29.4 Å². The Morgan fingerprint density at radius 2 is 1.91 bits per heavy atom. The molecule has 0 aliphatic heterocycles.